The quantitative estimate of drug-likeness (QED) is 0.822. The van der Waals surface area contributed by atoms with E-state index in [0.29, 0.717) is 6.04 Å². The van der Waals surface area contributed by atoms with Crippen LogP contribution in [0.5, 0.6) is 0 Å². The molecule has 4 heteroatoms. The van der Waals surface area contributed by atoms with E-state index in [1.807, 2.05) is 0 Å². The number of anilines is 1. The first kappa shape index (κ1) is 14.1. The summed E-state index contributed by atoms with van der Waals surface area (Å²) in [7, 11) is 0. The van der Waals surface area contributed by atoms with Crippen LogP contribution in [0.25, 0.3) is 0 Å². The molecule has 1 aliphatic rings. The zero-order chi connectivity index (χ0) is 13.8. The Labute approximate surface area is 121 Å². The second-order valence-corrected chi connectivity index (χ2v) is 5.88. The molecule has 1 aliphatic carbocycles. The molecule has 2 rings (SSSR count). The lowest BCUT2D eigenvalue weighted by molar-refractivity contribution is -0.131. The van der Waals surface area contributed by atoms with Crippen molar-refractivity contribution in [3.63, 3.8) is 0 Å². The summed E-state index contributed by atoms with van der Waals surface area (Å²) in [5.74, 6) is -0.829. The fourth-order valence-corrected chi connectivity index (χ4v) is 2.67. The molecule has 102 valence electrons. The zero-order valence-electron chi connectivity index (χ0n) is 10.9. The van der Waals surface area contributed by atoms with Crippen molar-refractivity contribution < 1.29 is 9.90 Å². The summed E-state index contributed by atoms with van der Waals surface area (Å²) in [6, 6.07) is 6.69. The normalized spacial score (nSPS) is 19.1. The van der Waals surface area contributed by atoms with E-state index in [-0.39, 0.29) is 0 Å². The maximum absolute atomic E-state index is 10.6. The minimum Gasteiger partial charge on any atom is -0.478 e. The molecule has 19 heavy (non-hydrogen) atoms. The largest absolute Gasteiger partial charge is 0.478 e. The molecule has 3 nitrogen and oxygen atoms in total. The van der Waals surface area contributed by atoms with Crippen LogP contribution in [0.4, 0.5) is 5.69 Å². The van der Waals surface area contributed by atoms with Crippen molar-refractivity contribution >= 4 is 27.6 Å². The number of carboxylic acid groups (broad SMARTS) is 1. The molecule has 0 atom stereocenters. The van der Waals surface area contributed by atoms with Gasteiger partial charge in [-0.25, -0.2) is 4.79 Å². The van der Waals surface area contributed by atoms with Crippen LogP contribution in [0.2, 0.25) is 0 Å². The SMILES string of the molecule is Cc1cc(NC2CCC(=CC(=O)O)CC2)ccc1Br. The molecular formula is C15H18BrNO2. The molecule has 1 fully saturated rings. The van der Waals surface area contributed by atoms with Crippen LogP contribution in [0, 0.1) is 6.92 Å². The average Bonchev–Trinajstić information content (AvgIpc) is 2.36. The van der Waals surface area contributed by atoms with E-state index in [1.54, 1.807) is 0 Å². The minimum atomic E-state index is -0.829. The van der Waals surface area contributed by atoms with Crippen LogP contribution < -0.4 is 5.32 Å². The number of rotatable bonds is 3. The van der Waals surface area contributed by atoms with Gasteiger partial charge in [0.1, 0.15) is 0 Å². The third-order valence-electron chi connectivity index (χ3n) is 3.48. The number of benzene rings is 1. The van der Waals surface area contributed by atoms with Crippen molar-refractivity contribution in [3.8, 4) is 0 Å². The molecule has 1 aromatic carbocycles. The van der Waals surface area contributed by atoms with E-state index in [2.05, 4.69) is 46.4 Å². The van der Waals surface area contributed by atoms with Gasteiger partial charge >= 0.3 is 5.97 Å². The average molecular weight is 324 g/mol. The minimum absolute atomic E-state index is 0.437. The monoisotopic (exact) mass is 323 g/mol. The van der Waals surface area contributed by atoms with Gasteiger partial charge in [-0.3, -0.25) is 0 Å². The number of aryl methyl sites for hydroxylation is 1. The molecule has 1 aromatic rings. The summed E-state index contributed by atoms with van der Waals surface area (Å²) in [5, 5.41) is 12.3. The smallest absolute Gasteiger partial charge is 0.328 e. The number of carboxylic acids is 1. The summed E-state index contributed by atoms with van der Waals surface area (Å²) in [6.07, 6.45) is 5.10. The van der Waals surface area contributed by atoms with E-state index >= 15 is 0 Å². The van der Waals surface area contributed by atoms with Gasteiger partial charge in [-0.2, -0.15) is 0 Å². The predicted octanol–water partition coefficient (Wildman–Crippen LogP) is 4.12. The van der Waals surface area contributed by atoms with Crippen LogP contribution in [-0.4, -0.2) is 17.1 Å². The van der Waals surface area contributed by atoms with Crippen molar-refractivity contribution in [1.82, 2.24) is 0 Å². The number of hydrogen-bond donors (Lipinski definition) is 2. The fraction of sp³-hybridized carbons (Fsp3) is 0.400. The lowest BCUT2D eigenvalue weighted by atomic mass is 9.90. The van der Waals surface area contributed by atoms with Crippen LogP contribution in [0.3, 0.4) is 0 Å². The molecule has 0 unspecified atom stereocenters. The van der Waals surface area contributed by atoms with Crippen molar-refractivity contribution in [2.45, 2.75) is 38.6 Å². The highest BCUT2D eigenvalue weighted by molar-refractivity contribution is 9.10. The van der Waals surface area contributed by atoms with Gasteiger partial charge in [0.15, 0.2) is 0 Å². The molecule has 1 saturated carbocycles. The van der Waals surface area contributed by atoms with Gasteiger partial charge in [0.25, 0.3) is 0 Å². The number of aliphatic carboxylic acids is 1. The van der Waals surface area contributed by atoms with Crippen LogP contribution in [0.1, 0.15) is 31.2 Å². The summed E-state index contributed by atoms with van der Waals surface area (Å²) >= 11 is 3.49. The lowest BCUT2D eigenvalue weighted by Gasteiger charge is -2.25. The van der Waals surface area contributed by atoms with Gasteiger partial charge < -0.3 is 10.4 Å². The van der Waals surface area contributed by atoms with Gasteiger partial charge in [-0.05, 0) is 56.4 Å². The van der Waals surface area contributed by atoms with Crippen LogP contribution >= 0.6 is 15.9 Å². The highest BCUT2D eigenvalue weighted by Gasteiger charge is 2.17. The Bertz CT molecular complexity index is 501. The topological polar surface area (TPSA) is 49.3 Å². The second kappa shape index (κ2) is 6.24. The van der Waals surface area contributed by atoms with Gasteiger partial charge in [0.05, 0.1) is 0 Å². The predicted molar refractivity (Wildman–Crippen MR) is 80.5 cm³/mol. The van der Waals surface area contributed by atoms with E-state index < -0.39 is 5.97 Å². The van der Waals surface area contributed by atoms with E-state index in [0.717, 1.165) is 41.4 Å². The first-order chi connectivity index (χ1) is 9.04. The first-order valence-electron chi connectivity index (χ1n) is 6.49. The lowest BCUT2D eigenvalue weighted by Crippen LogP contribution is -2.23. The van der Waals surface area contributed by atoms with Crippen molar-refractivity contribution in [2.75, 3.05) is 5.32 Å². The Hall–Kier alpha value is -1.29. The molecule has 0 bridgehead atoms. The Balaban J connectivity index is 1.92. The number of nitrogens with one attached hydrogen (secondary N) is 1. The maximum atomic E-state index is 10.6. The molecule has 0 aliphatic heterocycles. The van der Waals surface area contributed by atoms with Crippen molar-refractivity contribution in [3.05, 3.63) is 39.9 Å². The summed E-state index contributed by atoms with van der Waals surface area (Å²) < 4.78 is 1.12. The third kappa shape index (κ3) is 4.10. The number of halogens is 1. The Kier molecular flexibility index (Phi) is 4.64. The number of carbonyl (C=O) groups is 1. The third-order valence-corrected chi connectivity index (χ3v) is 4.37. The van der Waals surface area contributed by atoms with E-state index in [9.17, 15) is 4.79 Å². The highest BCUT2D eigenvalue weighted by atomic mass is 79.9. The first-order valence-corrected chi connectivity index (χ1v) is 7.29. The van der Waals surface area contributed by atoms with Gasteiger partial charge in [0.2, 0.25) is 0 Å². The summed E-state index contributed by atoms with van der Waals surface area (Å²) in [6.45, 7) is 2.07. The molecule has 0 amide bonds. The fourth-order valence-electron chi connectivity index (χ4n) is 2.42. The summed E-state index contributed by atoms with van der Waals surface area (Å²) in [5.41, 5.74) is 3.40. The van der Waals surface area contributed by atoms with Gasteiger partial charge in [0, 0.05) is 22.3 Å². The van der Waals surface area contributed by atoms with Crippen molar-refractivity contribution in [2.24, 2.45) is 0 Å². The molecule has 0 saturated heterocycles. The molecular weight excluding hydrogens is 306 g/mol. The van der Waals surface area contributed by atoms with Gasteiger partial charge in [-0.15, -0.1) is 0 Å². The molecule has 0 spiro atoms. The van der Waals surface area contributed by atoms with E-state index in [1.165, 1.54) is 11.6 Å². The molecule has 0 heterocycles. The highest BCUT2D eigenvalue weighted by Crippen LogP contribution is 2.27. The Morgan fingerprint density at radius 3 is 2.68 bits per heavy atom. The summed E-state index contributed by atoms with van der Waals surface area (Å²) in [4.78, 5) is 10.6. The standard InChI is InChI=1S/C15H18BrNO2/c1-10-8-13(6-7-14(10)16)17-12-4-2-11(3-5-12)9-15(18)19/h6-9,12,17H,2-5H2,1H3,(H,18,19). The van der Waals surface area contributed by atoms with Crippen molar-refractivity contribution in [1.29, 1.82) is 0 Å². The molecule has 0 radical (unpaired) electrons. The number of allylic oxidation sites excluding steroid dienone is 1. The van der Waals surface area contributed by atoms with Gasteiger partial charge in [-0.1, -0.05) is 21.5 Å². The Morgan fingerprint density at radius 1 is 1.42 bits per heavy atom. The maximum Gasteiger partial charge on any atom is 0.328 e. The molecule has 0 aromatic heterocycles. The van der Waals surface area contributed by atoms with E-state index in [4.69, 9.17) is 5.11 Å². The molecule has 2 N–H and O–H groups in total. The van der Waals surface area contributed by atoms with Crippen LogP contribution in [0.15, 0.2) is 34.3 Å². The number of hydrogen-bond acceptors (Lipinski definition) is 2. The van der Waals surface area contributed by atoms with Crippen LogP contribution in [-0.2, 0) is 4.79 Å². The zero-order valence-corrected chi connectivity index (χ0v) is 12.5. The second-order valence-electron chi connectivity index (χ2n) is 5.02. The Morgan fingerprint density at radius 2 is 2.11 bits per heavy atom.